The van der Waals surface area contributed by atoms with Crippen LogP contribution in [-0.4, -0.2) is 86.9 Å². The topological polar surface area (TPSA) is 119 Å². The Labute approximate surface area is 262 Å². The molecular weight excluding hydrogens is 604 g/mol. The van der Waals surface area contributed by atoms with E-state index in [1.54, 1.807) is 24.3 Å². The molecule has 232 valence electrons. The quantitative estimate of drug-likeness (QED) is 0.278. The second kappa shape index (κ2) is 11.9. The van der Waals surface area contributed by atoms with Crippen LogP contribution in [0.5, 0.6) is 6.01 Å². The maximum absolute atomic E-state index is 16.6. The van der Waals surface area contributed by atoms with Crippen molar-refractivity contribution in [1.82, 2.24) is 24.8 Å². The fourth-order valence-electron chi connectivity index (χ4n) is 7.15. The van der Waals surface area contributed by atoms with Crippen molar-refractivity contribution in [2.75, 3.05) is 37.7 Å². The number of ether oxygens (including phenoxy) is 1. The van der Waals surface area contributed by atoms with Crippen molar-refractivity contribution in [2.24, 2.45) is 0 Å². The molecule has 0 aliphatic carbocycles. The van der Waals surface area contributed by atoms with Crippen LogP contribution in [0.3, 0.4) is 0 Å². The molecule has 0 radical (unpaired) electrons. The number of anilines is 1. The summed E-state index contributed by atoms with van der Waals surface area (Å²) >= 11 is 6.37. The van der Waals surface area contributed by atoms with Gasteiger partial charge in [-0.3, -0.25) is 9.88 Å². The third-order valence-electron chi connectivity index (χ3n) is 9.32. The van der Waals surface area contributed by atoms with Crippen molar-refractivity contribution in [2.45, 2.75) is 50.2 Å². The number of hydrogen-bond donors (Lipinski definition) is 1. The van der Waals surface area contributed by atoms with Gasteiger partial charge in [0.2, 0.25) is 0 Å². The van der Waals surface area contributed by atoms with Gasteiger partial charge in [0, 0.05) is 48.9 Å². The number of carboxylic acid groups (broad SMARTS) is 1. The molecule has 3 aliphatic heterocycles. The summed E-state index contributed by atoms with van der Waals surface area (Å²) in [5, 5.41) is 20.2. The lowest BCUT2D eigenvalue weighted by molar-refractivity contribution is 0.119. The van der Waals surface area contributed by atoms with E-state index in [0.29, 0.717) is 40.2 Å². The molecule has 45 heavy (non-hydrogen) atoms. The maximum Gasteiger partial charge on any atom is 0.407 e. The molecule has 3 saturated heterocycles. The van der Waals surface area contributed by atoms with Crippen molar-refractivity contribution in [3.63, 3.8) is 0 Å². The zero-order valence-electron chi connectivity index (χ0n) is 24.3. The van der Waals surface area contributed by atoms with Crippen LogP contribution < -0.4 is 9.64 Å². The van der Waals surface area contributed by atoms with Crippen molar-refractivity contribution in [1.29, 1.82) is 5.26 Å². The largest absolute Gasteiger partial charge is 0.465 e. The van der Waals surface area contributed by atoms with E-state index in [4.69, 9.17) is 21.3 Å². The van der Waals surface area contributed by atoms with Gasteiger partial charge in [0.15, 0.2) is 5.82 Å². The Morgan fingerprint density at radius 2 is 1.98 bits per heavy atom. The monoisotopic (exact) mass is 633 g/mol. The van der Waals surface area contributed by atoms with Gasteiger partial charge in [-0.1, -0.05) is 35.9 Å². The normalized spacial score (nSPS) is 21.8. The van der Waals surface area contributed by atoms with E-state index in [9.17, 15) is 19.6 Å². The number of nitriles is 1. The Morgan fingerprint density at radius 1 is 1.11 bits per heavy atom. The fraction of sp³-hybridized carbons (Fsp3) is 0.406. The SMILES string of the molecule is N#CC[C@H]1CN(c2nc(OCC3CCC4CCCN43)nc3c(F)c(-c4cccc5ccc(F)c(Cl)c45)ncc23)CCN1C(=O)O. The predicted molar refractivity (Wildman–Crippen MR) is 164 cm³/mol. The minimum atomic E-state index is -1.11. The van der Waals surface area contributed by atoms with Gasteiger partial charge in [0.25, 0.3) is 0 Å². The number of benzene rings is 2. The van der Waals surface area contributed by atoms with Crippen molar-refractivity contribution in [3.8, 4) is 23.3 Å². The van der Waals surface area contributed by atoms with Gasteiger partial charge in [0.05, 0.1) is 28.9 Å². The fourth-order valence-corrected chi connectivity index (χ4v) is 7.42. The van der Waals surface area contributed by atoms with Crippen LogP contribution in [0, 0.1) is 23.0 Å². The van der Waals surface area contributed by atoms with E-state index in [2.05, 4.69) is 20.9 Å². The highest BCUT2D eigenvalue weighted by atomic mass is 35.5. The van der Waals surface area contributed by atoms with E-state index in [1.165, 1.54) is 23.6 Å². The Balaban J connectivity index is 1.32. The number of halogens is 3. The number of hydrogen-bond acceptors (Lipinski definition) is 8. The lowest BCUT2D eigenvalue weighted by Crippen LogP contribution is -2.55. The first kappa shape index (κ1) is 29.4. The van der Waals surface area contributed by atoms with Gasteiger partial charge in [-0.15, -0.1) is 0 Å². The molecular formula is C32H30ClF2N7O3. The molecule has 0 bridgehead atoms. The number of amides is 1. The van der Waals surface area contributed by atoms with Gasteiger partial charge in [-0.2, -0.15) is 15.2 Å². The molecule has 1 amide bonds. The van der Waals surface area contributed by atoms with Crippen LogP contribution in [-0.2, 0) is 0 Å². The number of rotatable bonds is 6. The van der Waals surface area contributed by atoms with E-state index in [0.717, 1.165) is 25.8 Å². The van der Waals surface area contributed by atoms with E-state index in [-0.39, 0.29) is 54.3 Å². The summed E-state index contributed by atoms with van der Waals surface area (Å²) in [5.41, 5.74) is 0.228. The number of piperazine rings is 1. The molecule has 4 aromatic rings. The summed E-state index contributed by atoms with van der Waals surface area (Å²) in [6.07, 6.45) is 4.81. The Hall–Kier alpha value is -4.34. The van der Waals surface area contributed by atoms with Gasteiger partial charge >= 0.3 is 12.1 Å². The lowest BCUT2D eigenvalue weighted by atomic mass is 10.0. The molecule has 7 rings (SSSR count). The standard InChI is InChI=1S/C32H30ClF2N7O3/c33-26-24(34)9-6-18-3-1-5-22(25(18)26)28-27(35)29-23(15-37-28)30(40-13-14-42(32(43)44)20(16-40)10-11-36)39-31(38-29)45-17-21-8-7-19-4-2-12-41(19)21/h1,3,5-6,9,15,19-21H,2,4,7-8,10,12-14,16-17H2,(H,43,44)/t19?,20-,21?/m0/s1. The number of carbonyl (C=O) groups is 1. The number of nitrogens with zero attached hydrogens (tertiary/aromatic N) is 7. The van der Waals surface area contributed by atoms with Crippen molar-refractivity contribution < 1.29 is 23.4 Å². The second-order valence-electron chi connectivity index (χ2n) is 11.8. The first-order valence-electron chi connectivity index (χ1n) is 15.1. The summed E-state index contributed by atoms with van der Waals surface area (Å²) < 4.78 is 37.3. The van der Waals surface area contributed by atoms with Crippen LogP contribution in [0.25, 0.3) is 32.9 Å². The highest BCUT2D eigenvalue weighted by Crippen LogP contribution is 2.39. The first-order valence-corrected chi connectivity index (χ1v) is 15.4. The van der Waals surface area contributed by atoms with Crippen molar-refractivity contribution in [3.05, 3.63) is 53.2 Å². The molecule has 2 aromatic carbocycles. The molecule has 1 N–H and O–H groups in total. The predicted octanol–water partition coefficient (Wildman–Crippen LogP) is 5.86. The average molecular weight is 634 g/mol. The minimum absolute atomic E-state index is 0.00399. The maximum atomic E-state index is 16.6. The highest BCUT2D eigenvalue weighted by Gasteiger charge is 2.37. The van der Waals surface area contributed by atoms with E-state index < -0.39 is 23.8 Å². The van der Waals surface area contributed by atoms with Gasteiger partial charge in [-0.25, -0.2) is 13.6 Å². The van der Waals surface area contributed by atoms with Crippen LogP contribution in [0.1, 0.15) is 32.1 Å². The molecule has 10 nitrogen and oxygen atoms in total. The molecule has 0 saturated carbocycles. The van der Waals surface area contributed by atoms with Crippen LogP contribution in [0.15, 0.2) is 36.5 Å². The molecule has 2 aromatic heterocycles. The third-order valence-corrected chi connectivity index (χ3v) is 9.69. The molecule has 0 spiro atoms. The molecule has 13 heteroatoms. The molecule has 5 heterocycles. The molecule has 2 unspecified atom stereocenters. The first-order chi connectivity index (χ1) is 21.8. The van der Waals surface area contributed by atoms with Gasteiger partial charge in [0.1, 0.15) is 29.5 Å². The Morgan fingerprint density at radius 3 is 2.80 bits per heavy atom. The highest BCUT2D eigenvalue weighted by molar-refractivity contribution is 6.36. The van der Waals surface area contributed by atoms with Crippen LogP contribution in [0.2, 0.25) is 5.02 Å². The Bertz CT molecular complexity index is 1850. The van der Waals surface area contributed by atoms with Crippen molar-refractivity contribution >= 4 is 45.2 Å². The van der Waals surface area contributed by atoms with Crippen LogP contribution >= 0.6 is 11.6 Å². The second-order valence-corrected chi connectivity index (χ2v) is 12.2. The molecule has 3 atom stereocenters. The smallest absolute Gasteiger partial charge is 0.407 e. The number of fused-ring (bicyclic) bond motifs is 3. The summed E-state index contributed by atoms with van der Waals surface area (Å²) in [6.45, 7) is 1.94. The van der Waals surface area contributed by atoms with E-state index in [1.807, 2.05) is 4.90 Å². The molecule has 3 aliphatic rings. The third kappa shape index (κ3) is 5.23. The molecule has 3 fully saturated rings. The van der Waals surface area contributed by atoms with Gasteiger partial charge in [-0.05, 0) is 43.7 Å². The lowest BCUT2D eigenvalue weighted by Gasteiger charge is -2.39. The zero-order chi connectivity index (χ0) is 31.2. The zero-order valence-corrected chi connectivity index (χ0v) is 25.1. The minimum Gasteiger partial charge on any atom is -0.465 e. The summed E-state index contributed by atoms with van der Waals surface area (Å²) in [7, 11) is 0. The number of aromatic nitrogens is 3. The average Bonchev–Trinajstić information content (AvgIpc) is 3.66. The van der Waals surface area contributed by atoms with E-state index >= 15 is 4.39 Å². The Kier molecular flexibility index (Phi) is 7.75. The summed E-state index contributed by atoms with van der Waals surface area (Å²) in [4.78, 5) is 31.1. The van der Waals surface area contributed by atoms with Gasteiger partial charge < -0.3 is 19.6 Å². The number of pyridine rings is 1. The van der Waals surface area contributed by atoms with Crippen LogP contribution in [0.4, 0.5) is 19.4 Å². The summed E-state index contributed by atoms with van der Waals surface area (Å²) in [6, 6.07) is 10.2. The summed E-state index contributed by atoms with van der Waals surface area (Å²) in [5.74, 6) is -1.03.